The van der Waals surface area contributed by atoms with Crippen LogP contribution in [0.1, 0.15) is 16.1 Å². The fourth-order valence-electron chi connectivity index (χ4n) is 2.70. The van der Waals surface area contributed by atoms with E-state index in [9.17, 15) is 14.4 Å². The molecule has 0 saturated heterocycles. The second-order valence-corrected chi connectivity index (χ2v) is 5.92. The lowest BCUT2D eigenvalue weighted by Gasteiger charge is -2.17. The van der Waals surface area contributed by atoms with Crippen molar-refractivity contribution < 1.29 is 4.79 Å². The zero-order valence-electron chi connectivity index (χ0n) is 14.3. The Labute approximate surface area is 143 Å². The summed E-state index contributed by atoms with van der Waals surface area (Å²) in [6.07, 6.45) is 0. The number of carbonyl (C=O) groups is 1. The highest BCUT2D eigenvalue weighted by Gasteiger charge is 2.17. The highest BCUT2D eigenvalue weighted by atomic mass is 16.2. The van der Waals surface area contributed by atoms with Crippen LogP contribution in [0.25, 0.3) is 11.0 Å². The molecular weight excluding hydrogens is 320 g/mol. The molecule has 1 aromatic carbocycles. The lowest BCUT2D eigenvalue weighted by molar-refractivity contribution is 0.0779. The molecule has 0 saturated carbocycles. The summed E-state index contributed by atoms with van der Waals surface area (Å²) in [5, 5.41) is 0.298. The maximum Gasteiger partial charge on any atom is 0.332 e. The molecule has 25 heavy (non-hydrogen) atoms. The Balaban J connectivity index is 2.00. The Morgan fingerprint density at radius 2 is 1.72 bits per heavy atom. The highest BCUT2D eigenvalue weighted by molar-refractivity contribution is 5.94. The number of hydrogen-bond donors (Lipinski definition) is 0. The van der Waals surface area contributed by atoms with Crippen molar-refractivity contribution in [3.05, 3.63) is 74.6 Å². The van der Waals surface area contributed by atoms with Crippen LogP contribution in [0.4, 0.5) is 0 Å². The largest absolute Gasteiger partial charge is 0.336 e. The van der Waals surface area contributed by atoms with Gasteiger partial charge in [0.25, 0.3) is 11.5 Å². The molecule has 0 bridgehead atoms. The first-order valence-corrected chi connectivity index (χ1v) is 7.76. The van der Waals surface area contributed by atoms with Crippen molar-refractivity contribution in [2.75, 3.05) is 7.05 Å². The molecule has 3 rings (SSSR count). The molecule has 0 aliphatic carbocycles. The Bertz CT molecular complexity index is 1070. The maximum atomic E-state index is 12.6. The molecule has 0 aliphatic rings. The third-order valence-corrected chi connectivity index (χ3v) is 4.13. The van der Waals surface area contributed by atoms with Crippen LogP contribution in [0.2, 0.25) is 0 Å². The van der Waals surface area contributed by atoms with Crippen molar-refractivity contribution in [2.24, 2.45) is 14.1 Å². The minimum Gasteiger partial charge on any atom is -0.336 e. The lowest BCUT2D eigenvalue weighted by atomic mass is 10.2. The van der Waals surface area contributed by atoms with Gasteiger partial charge in [0.2, 0.25) is 0 Å². The van der Waals surface area contributed by atoms with Gasteiger partial charge in [-0.05, 0) is 17.7 Å². The number of rotatable bonds is 3. The molecule has 0 radical (unpaired) electrons. The fourth-order valence-corrected chi connectivity index (χ4v) is 2.70. The zero-order chi connectivity index (χ0) is 18.1. The van der Waals surface area contributed by atoms with Crippen LogP contribution >= 0.6 is 0 Å². The third-order valence-electron chi connectivity index (χ3n) is 4.13. The quantitative estimate of drug-likeness (QED) is 0.711. The van der Waals surface area contributed by atoms with Gasteiger partial charge in [-0.1, -0.05) is 30.3 Å². The lowest BCUT2D eigenvalue weighted by Crippen LogP contribution is -2.37. The smallest absolute Gasteiger partial charge is 0.332 e. The fraction of sp³-hybridized carbons (Fsp3) is 0.222. The van der Waals surface area contributed by atoms with E-state index in [4.69, 9.17) is 0 Å². The number of fused-ring (bicyclic) bond motifs is 1. The number of hydrogen-bond acceptors (Lipinski definition) is 4. The van der Waals surface area contributed by atoms with Crippen LogP contribution in [0.3, 0.4) is 0 Å². The van der Waals surface area contributed by atoms with E-state index in [1.54, 1.807) is 11.9 Å². The molecule has 0 N–H and O–H groups in total. The molecule has 1 amide bonds. The van der Waals surface area contributed by atoms with E-state index in [1.165, 1.54) is 30.8 Å². The molecule has 2 aromatic heterocycles. The predicted molar refractivity (Wildman–Crippen MR) is 94.5 cm³/mol. The van der Waals surface area contributed by atoms with Crippen molar-refractivity contribution in [1.29, 1.82) is 0 Å². The predicted octanol–water partition coefficient (Wildman–Crippen LogP) is 0.904. The van der Waals surface area contributed by atoms with Crippen molar-refractivity contribution in [2.45, 2.75) is 6.54 Å². The van der Waals surface area contributed by atoms with E-state index in [1.807, 2.05) is 30.3 Å². The molecule has 7 heteroatoms. The number of aromatic nitrogens is 3. The minimum atomic E-state index is -0.479. The van der Waals surface area contributed by atoms with Gasteiger partial charge < -0.3 is 4.90 Å². The Morgan fingerprint density at radius 1 is 1.04 bits per heavy atom. The van der Waals surface area contributed by atoms with Crippen LogP contribution in [0.5, 0.6) is 0 Å². The van der Waals surface area contributed by atoms with Gasteiger partial charge in [0.1, 0.15) is 11.3 Å². The van der Waals surface area contributed by atoms with E-state index in [0.717, 1.165) is 10.1 Å². The molecule has 2 heterocycles. The maximum absolute atomic E-state index is 12.6. The molecule has 7 nitrogen and oxygen atoms in total. The van der Waals surface area contributed by atoms with Gasteiger partial charge in [0.15, 0.2) is 0 Å². The van der Waals surface area contributed by atoms with Crippen LogP contribution in [-0.2, 0) is 20.6 Å². The minimum absolute atomic E-state index is 0.189. The first-order chi connectivity index (χ1) is 11.9. The van der Waals surface area contributed by atoms with Crippen LogP contribution in [0.15, 0.2) is 52.1 Å². The summed E-state index contributed by atoms with van der Waals surface area (Å²) in [7, 11) is 4.63. The Kier molecular flexibility index (Phi) is 4.22. The van der Waals surface area contributed by atoms with Crippen LogP contribution in [0, 0.1) is 0 Å². The van der Waals surface area contributed by atoms with Crippen LogP contribution < -0.4 is 11.2 Å². The third kappa shape index (κ3) is 2.96. The second kappa shape index (κ2) is 6.35. The topological polar surface area (TPSA) is 77.2 Å². The normalized spacial score (nSPS) is 10.8. The number of pyridine rings is 1. The first-order valence-electron chi connectivity index (χ1n) is 7.76. The first kappa shape index (κ1) is 16.6. The summed E-state index contributed by atoms with van der Waals surface area (Å²) in [6, 6.07) is 12.7. The summed E-state index contributed by atoms with van der Waals surface area (Å²) >= 11 is 0. The van der Waals surface area contributed by atoms with Gasteiger partial charge in [0.05, 0.1) is 5.39 Å². The number of amides is 1. The monoisotopic (exact) mass is 338 g/mol. The molecule has 0 spiro atoms. The summed E-state index contributed by atoms with van der Waals surface area (Å²) < 4.78 is 2.29. The van der Waals surface area contributed by atoms with Gasteiger partial charge in [0, 0.05) is 27.7 Å². The Hall–Kier alpha value is -3.22. The molecule has 0 unspecified atom stereocenters. The van der Waals surface area contributed by atoms with Crippen molar-refractivity contribution >= 4 is 16.9 Å². The zero-order valence-corrected chi connectivity index (χ0v) is 14.3. The molecular formula is C18H18N4O3. The van der Waals surface area contributed by atoms with Crippen LogP contribution in [-0.4, -0.2) is 32.0 Å². The summed E-state index contributed by atoms with van der Waals surface area (Å²) in [5.74, 6) is -0.279. The number of carbonyl (C=O) groups excluding carboxylic acids is 1. The Morgan fingerprint density at radius 3 is 2.40 bits per heavy atom. The van der Waals surface area contributed by atoms with Crippen molar-refractivity contribution in [1.82, 2.24) is 19.0 Å². The van der Waals surface area contributed by atoms with Gasteiger partial charge >= 0.3 is 5.69 Å². The van der Waals surface area contributed by atoms with Crippen molar-refractivity contribution in [3.63, 3.8) is 0 Å². The standard InChI is InChI=1S/C18H18N4O3/c1-20(11-12-7-5-4-6-8-12)17(24)14-10-9-13-15(19-14)21(2)18(25)22(3)16(13)23/h4-10H,11H2,1-3H3. The molecule has 128 valence electrons. The van der Waals surface area contributed by atoms with Gasteiger partial charge in [-0.2, -0.15) is 0 Å². The van der Waals surface area contributed by atoms with E-state index in [-0.39, 0.29) is 17.2 Å². The van der Waals surface area contributed by atoms with Gasteiger partial charge in [-0.15, -0.1) is 0 Å². The SMILES string of the molecule is CN(Cc1ccccc1)C(=O)c1ccc2c(=O)n(C)c(=O)n(C)c2n1. The van der Waals surface area contributed by atoms with E-state index in [0.29, 0.717) is 11.9 Å². The molecule has 0 aliphatic heterocycles. The van der Waals surface area contributed by atoms with Crippen molar-refractivity contribution in [3.8, 4) is 0 Å². The summed E-state index contributed by atoms with van der Waals surface area (Å²) in [4.78, 5) is 42.7. The average Bonchev–Trinajstić information content (AvgIpc) is 2.64. The van der Waals surface area contributed by atoms with Gasteiger partial charge in [-0.3, -0.25) is 18.7 Å². The summed E-state index contributed by atoms with van der Waals surface area (Å²) in [6.45, 7) is 0.439. The number of aryl methyl sites for hydroxylation is 1. The molecule has 0 fully saturated rings. The molecule has 3 aromatic rings. The van der Waals surface area contributed by atoms with E-state index < -0.39 is 11.2 Å². The second-order valence-electron chi connectivity index (χ2n) is 5.92. The highest BCUT2D eigenvalue weighted by Crippen LogP contribution is 2.10. The summed E-state index contributed by atoms with van der Waals surface area (Å²) in [5.41, 5.74) is 0.483. The van der Waals surface area contributed by atoms with E-state index >= 15 is 0 Å². The number of benzene rings is 1. The van der Waals surface area contributed by atoms with Gasteiger partial charge in [-0.25, -0.2) is 9.78 Å². The average molecular weight is 338 g/mol. The molecule has 0 atom stereocenters. The number of nitrogens with zero attached hydrogens (tertiary/aromatic N) is 4. The van der Waals surface area contributed by atoms with E-state index in [2.05, 4.69) is 4.98 Å².